The van der Waals surface area contributed by atoms with Crippen LogP contribution in [0.4, 0.5) is 29.6 Å². The summed E-state index contributed by atoms with van der Waals surface area (Å²) in [7, 11) is 1.28. The molecule has 36 heavy (non-hydrogen) atoms. The van der Waals surface area contributed by atoms with Gasteiger partial charge in [0.2, 0.25) is 5.95 Å². The molecule has 0 bridgehead atoms. The molecule has 2 aromatic heterocycles. The molecule has 1 atom stereocenters. The number of carbonyl (C=O) groups excluding carboxylic acids is 1. The molecule has 192 valence electrons. The molecular formula is C25H29F3N6O2. The Hall–Kier alpha value is -3.34. The van der Waals surface area contributed by atoms with Gasteiger partial charge in [-0.05, 0) is 51.5 Å². The van der Waals surface area contributed by atoms with E-state index in [2.05, 4.69) is 44.7 Å². The van der Waals surface area contributed by atoms with Gasteiger partial charge < -0.3 is 20.4 Å². The largest absolute Gasteiger partial charge is 0.453 e. The van der Waals surface area contributed by atoms with Crippen LogP contribution in [-0.4, -0.2) is 46.3 Å². The number of benzene rings is 1. The highest BCUT2D eigenvalue weighted by Gasteiger charge is 2.37. The molecule has 1 aliphatic carbocycles. The smallest absolute Gasteiger partial charge is 0.419 e. The van der Waals surface area contributed by atoms with Crippen molar-refractivity contribution in [1.29, 1.82) is 0 Å². The average molecular weight is 503 g/mol. The van der Waals surface area contributed by atoms with Crippen molar-refractivity contribution in [1.82, 2.24) is 20.3 Å². The van der Waals surface area contributed by atoms with Crippen molar-refractivity contribution in [2.45, 2.75) is 63.2 Å². The number of carbonyl (C=O) groups is 1. The number of anilines is 2. The second-order valence-electron chi connectivity index (χ2n) is 10.1. The van der Waals surface area contributed by atoms with E-state index in [1.54, 1.807) is 18.3 Å². The predicted molar refractivity (Wildman–Crippen MR) is 131 cm³/mol. The zero-order chi connectivity index (χ0) is 25.7. The third-order valence-electron chi connectivity index (χ3n) is 6.93. The highest BCUT2D eigenvalue weighted by molar-refractivity contribution is 6.01. The highest BCUT2D eigenvalue weighted by Crippen LogP contribution is 2.48. The number of halogens is 3. The van der Waals surface area contributed by atoms with Crippen LogP contribution in [-0.2, 0) is 10.9 Å². The van der Waals surface area contributed by atoms with Gasteiger partial charge in [0.1, 0.15) is 5.56 Å². The number of hydrogen-bond acceptors (Lipinski definition) is 6. The lowest BCUT2D eigenvalue weighted by atomic mass is 9.91. The summed E-state index contributed by atoms with van der Waals surface area (Å²) < 4.78 is 46.7. The Kier molecular flexibility index (Phi) is 6.06. The SMILES string of the molecule is COC(=O)Nc1ccc2c(-c3nc(NC4CCC(C)(C)NC4)ncc3C(F)(F)F)c[nH]c2c1C1CC1. The van der Waals surface area contributed by atoms with Crippen LogP contribution in [0.3, 0.4) is 0 Å². The van der Waals surface area contributed by atoms with Gasteiger partial charge >= 0.3 is 12.3 Å². The third-order valence-corrected chi connectivity index (χ3v) is 6.93. The van der Waals surface area contributed by atoms with Crippen LogP contribution in [0.2, 0.25) is 0 Å². The number of aromatic nitrogens is 3. The first kappa shape index (κ1) is 24.4. The summed E-state index contributed by atoms with van der Waals surface area (Å²) in [5, 5.41) is 9.95. The van der Waals surface area contributed by atoms with Crippen LogP contribution < -0.4 is 16.0 Å². The Bertz CT molecular complexity index is 1290. The molecule has 0 spiro atoms. The van der Waals surface area contributed by atoms with Crippen LogP contribution in [0.15, 0.2) is 24.5 Å². The molecule has 1 unspecified atom stereocenters. The number of piperidine rings is 1. The first-order valence-corrected chi connectivity index (χ1v) is 12.0. The molecular weight excluding hydrogens is 473 g/mol. The third kappa shape index (κ3) is 4.84. The predicted octanol–water partition coefficient (Wildman–Crippen LogP) is 5.64. The second kappa shape index (κ2) is 8.95. The van der Waals surface area contributed by atoms with Crippen molar-refractivity contribution in [3.05, 3.63) is 35.7 Å². The van der Waals surface area contributed by atoms with Crippen molar-refractivity contribution in [3.63, 3.8) is 0 Å². The van der Waals surface area contributed by atoms with Gasteiger partial charge in [-0.25, -0.2) is 14.8 Å². The van der Waals surface area contributed by atoms with Crippen molar-refractivity contribution in [2.24, 2.45) is 0 Å². The van der Waals surface area contributed by atoms with E-state index in [0.717, 1.165) is 37.4 Å². The molecule has 3 heterocycles. The van der Waals surface area contributed by atoms with Crippen LogP contribution in [0, 0.1) is 0 Å². The maximum atomic E-state index is 14.0. The first-order valence-electron chi connectivity index (χ1n) is 12.0. The van der Waals surface area contributed by atoms with E-state index < -0.39 is 17.8 Å². The number of ether oxygens (including phenoxy) is 1. The number of nitrogens with one attached hydrogen (secondary N) is 4. The number of amides is 1. The molecule has 2 aliphatic rings. The summed E-state index contributed by atoms with van der Waals surface area (Å²) in [5.41, 5.74) is 1.39. The maximum absolute atomic E-state index is 14.0. The second-order valence-corrected chi connectivity index (χ2v) is 10.1. The van der Waals surface area contributed by atoms with Gasteiger partial charge in [-0.2, -0.15) is 13.2 Å². The number of methoxy groups -OCH3 is 1. The van der Waals surface area contributed by atoms with E-state index in [9.17, 15) is 18.0 Å². The summed E-state index contributed by atoms with van der Waals surface area (Å²) in [5.74, 6) is 0.366. The summed E-state index contributed by atoms with van der Waals surface area (Å²) in [4.78, 5) is 23.3. The fourth-order valence-electron chi connectivity index (χ4n) is 4.78. The van der Waals surface area contributed by atoms with Crippen molar-refractivity contribution in [2.75, 3.05) is 24.3 Å². The number of aromatic amines is 1. The molecule has 4 N–H and O–H groups in total. The normalized spacial score (nSPS) is 19.8. The molecule has 1 saturated carbocycles. The van der Waals surface area contributed by atoms with Crippen molar-refractivity contribution < 1.29 is 22.7 Å². The lowest BCUT2D eigenvalue weighted by Gasteiger charge is -2.36. The van der Waals surface area contributed by atoms with E-state index in [1.807, 2.05) is 0 Å². The van der Waals surface area contributed by atoms with Gasteiger partial charge in [-0.3, -0.25) is 5.32 Å². The lowest BCUT2D eigenvalue weighted by Crippen LogP contribution is -2.50. The van der Waals surface area contributed by atoms with E-state index in [0.29, 0.717) is 28.7 Å². The Morgan fingerprint density at radius 1 is 1.22 bits per heavy atom. The molecule has 11 heteroatoms. The van der Waals surface area contributed by atoms with Gasteiger partial charge in [0.05, 0.1) is 18.3 Å². The summed E-state index contributed by atoms with van der Waals surface area (Å²) in [6, 6.07) is 3.41. The highest BCUT2D eigenvalue weighted by atomic mass is 19.4. The molecule has 3 aromatic rings. The number of hydrogen-bond donors (Lipinski definition) is 4. The van der Waals surface area contributed by atoms with Gasteiger partial charge in [0, 0.05) is 52.7 Å². The number of alkyl halides is 3. The van der Waals surface area contributed by atoms with E-state index in [-0.39, 0.29) is 29.1 Å². The molecule has 1 aromatic carbocycles. The lowest BCUT2D eigenvalue weighted by molar-refractivity contribution is -0.137. The molecule has 2 fully saturated rings. The molecule has 0 radical (unpaired) electrons. The van der Waals surface area contributed by atoms with E-state index in [1.165, 1.54) is 7.11 Å². The Morgan fingerprint density at radius 3 is 2.64 bits per heavy atom. The van der Waals surface area contributed by atoms with Crippen molar-refractivity contribution in [3.8, 4) is 11.3 Å². The Labute approximate surface area is 206 Å². The standard InChI is InChI=1S/C25H29F3N6O2/c1-24(2)9-8-14(10-31-24)32-22-30-12-17(25(26,27)28)20(34-22)16-11-29-21-15(16)6-7-18(33-23(35)36-3)19(21)13-4-5-13/h6-7,11-14,29,31H,4-5,8-10H2,1-3H3,(H,33,35)(H,30,32,34). The number of H-pyrrole nitrogens is 1. The minimum Gasteiger partial charge on any atom is -0.453 e. The zero-order valence-electron chi connectivity index (χ0n) is 20.3. The fraction of sp³-hybridized carbons (Fsp3) is 0.480. The molecule has 1 aliphatic heterocycles. The summed E-state index contributed by atoms with van der Waals surface area (Å²) in [6.07, 6.45) is 0.813. The van der Waals surface area contributed by atoms with Crippen molar-refractivity contribution >= 4 is 28.6 Å². The number of nitrogens with zero attached hydrogens (tertiary/aromatic N) is 2. The van der Waals surface area contributed by atoms with Crippen LogP contribution in [0.1, 0.15) is 56.6 Å². The summed E-state index contributed by atoms with van der Waals surface area (Å²) >= 11 is 0. The van der Waals surface area contributed by atoms with Gasteiger partial charge in [0.15, 0.2) is 0 Å². The van der Waals surface area contributed by atoms with Gasteiger partial charge in [-0.1, -0.05) is 6.07 Å². The van der Waals surface area contributed by atoms with Gasteiger partial charge in [-0.15, -0.1) is 0 Å². The summed E-state index contributed by atoms with van der Waals surface area (Å²) in [6.45, 7) is 4.91. The first-order chi connectivity index (χ1) is 17.1. The van der Waals surface area contributed by atoms with E-state index >= 15 is 0 Å². The van der Waals surface area contributed by atoms with Crippen LogP contribution in [0.5, 0.6) is 0 Å². The van der Waals surface area contributed by atoms with E-state index in [4.69, 9.17) is 4.74 Å². The van der Waals surface area contributed by atoms with Crippen LogP contribution >= 0.6 is 0 Å². The quantitative estimate of drug-likeness (QED) is 0.360. The molecule has 1 saturated heterocycles. The molecule has 8 nitrogen and oxygen atoms in total. The zero-order valence-corrected chi connectivity index (χ0v) is 20.3. The average Bonchev–Trinajstić information content (AvgIpc) is 3.57. The maximum Gasteiger partial charge on any atom is 0.419 e. The number of fused-ring (bicyclic) bond motifs is 1. The monoisotopic (exact) mass is 502 g/mol. The minimum absolute atomic E-state index is 0.0130. The molecule has 1 amide bonds. The Balaban J connectivity index is 1.55. The fourth-order valence-corrected chi connectivity index (χ4v) is 4.78. The minimum atomic E-state index is -4.63. The van der Waals surface area contributed by atoms with Gasteiger partial charge in [0.25, 0.3) is 0 Å². The number of rotatable bonds is 5. The topological polar surface area (TPSA) is 104 Å². The van der Waals surface area contributed by atoms with Crippen LogP contribution in [0.25, 0.3) is 22.2 Å². The molecule has 5 rings (SSSR count). The Morgan fingerprint density at radius 2 is 2.00 bits per heavy atom.